The van der Waals surface area contributed by atoms with Crippen LogP contribution in [0.5, 0.6) is 0 Å². The van der Waals surface area contributed by atoms with Crippen LogP contribution in [0, 0.1) is 17.5 Å². The van der Waals surface area contributed by atoms with Crippen molar-refractivity contribution in [2.75, 3.05) is 5.32 Å². The summed E-state index contributed by atoms with van der Waals surface area (Å²) < 4.78 is 39.5. The Labute approximate surface area is 139 Å². The van der Waals surface area contributed by atoms with Gasteiger partial charge >= 0.3 is 0 Å². The number of aromatic amines is 1. The topological polar surface area (TPSA) is 74.8 Å². The molecule has 128 valence electrons. The third kappa shape index (κ3) is 3.52. The van der Waals surface area contributed by atoms with Gasteiger partial charge in [0.1, 0.15) is 5.82 Å². The molecule has 0 saturated carbocycles. The molecule has 1 aromatic heterocycles. The molecule has 3 aromatic rings. The second kappa shape index (κ2) is 6.76. The Morgan fingerprint density at radius 3 is 2.64 bits per heavy atom. The average Bonchev–Trinajstić information content (AvgIpc) is 2.60. The van der Waals surface area contributed by atoms with E-state index < -0.39 is 29.0 Å². The Kier molecular flexibility index (Phi) is 4.51. The van der Waals surface area contributed by atoms with Gasteiger partial charge in [-0.1, -0.05) is 12.1 Å². The molecule has 0 fully saturated rings. The Morgan fingerprint density at radius 1 is 1.08 bits per heavy atom. The standard InChI is InChI=1S/C17H12F3N3O2/c18-10-5-6-12(16(20)15(10)19)22-14(24)8-7-13-21-11-4-2-1-3-9(11)17(25)23-13/h1-6H,7-8H2,(H,22,24)(H,21,23,25). The first-order chi connectivity index (χ1) is 12.0. The van der Waals surface area contributed by atoms with Crippen LogP contribution in [-0.2, 0) is 11.2 Å². The first-order valence-electron chi connectivity index (χ1n) is 7.37. The molecular formula is C17H12F3N3O2. The normalized spacial score (nSPS) is 10.8. The number of rotatable bonds is 4. The molecule has 1 amide bonds. The average molecular weight is 347 g/mol. The van der Waals surface area contributed by atoms with Crippen molar-refractivity contribution in [2.45, 2.75) is 12.8 Å². The van der Waals surface area contributed by atoms with Crippen LogP contribution >= 0.6 is 0 Å². The van der Waals surface area contributed by atoms with E-state index in [1.54, 1.807) is 24.3 Å². The lowest BCUT2D eigenvalue weighted by molar-refractivity contribution is -0.116. The van der Waals surface area contributed by atoms with E-state index in [4.69, 9.17) is 0 Å². The van der Waals surface area contributed by atoms with E-state index in [1.807, 2.05) is 0 Å². The molecule has 0 spiro atoms. The summed E-state index contributed by atoms with van der Waals surface area (Å²) in [4.78, 5) is 30.6. The van der Waals surface area contributed by atoms with Crippen LogP contribution in [0.3, 0.4) is 0 Å². The van der Waals surface area contributed by atoms with Gasteiger partial charge in [0, 0.05) is 12.8 Å². The van der Waals surface area contributed by atoms with Gasteiger partial charge in [-0.05, 0) is 24.3 Å². The lowest BCUT2D eigenvalue weighted by atomic mass is 10.2. The highest BCUT2D eigenvalue weighted by Gasteiger charge is 2.15. The van der Waals surface area contributed by atoms with E-state index in [0.717, 1.165) is 12.1 Å². The van der Waals surface area contributed by atoms with Gasteiger partial charge in [0.25, 0.3) is 5.56 Å². The van der Waals surface area contributed by atoms with Gasteiger partial charge in [-0.25, -0.2) is 18.2 Å². The van der Waals surface area contributed by atoms with Crippen LogP contribution < -0.4 is 10.9 Å². The first kappa shape index (κ1) is 16.7. The molecule has 0 bridgehead atoms. The second-order valence-electron chi connectivity index (χ2n) is 5.30. The van der Waals surface area contributed by atoms with Crippen molar-refractivity contribution in [3.05, 3.63) is 70.0 Å². The summed E-state index contributed by atoms with van der Waals surface area (Å²) in [6, 6.07) is 8.40. The van der Waals surface area contributed by atoms with Crippen molar-refractivity contribution in [1.29, 1.82) is 0 Å². The van der Waals surface area contributed by atoms with Crippen molar-refractivity contribution in [1.82, 2.24) is 9.97 Å². The summed E-state index contributed by atoms with van der Waals surface area (Å²) in [6.45, 7) is 0. The quantitative estimate of drug-likeness (QED) is 0.713. The van der Waals surface area contributed by atoms with Crippen molar-refractivity contribution < 1.29 is 18.0 Å². The number of hydrogen-bond donors (Lipinski definition) is 2. The largest absolute Gasteiger partial charge is 0.323 e. The van der Waals surface area contributed by atoms with Crippen molar-refractivity contribution in [2.24, 2.45) is 0 Å². The zero-order chi connectivity index (χ0) is 18.0. The second-order valence-corrected chi connectivity index (χ2v) is 5.30. The zero-order valence-corrected chi connectivity index (χ0v) is 12.8. The maximum atomic E-state index is 13.5. The van der Waals surface area contributed by atoms with E-state index in [2.05, 4.69) is 15.3 Å². The minimum atomic E-state index is -1.65. The summed E-state index contributed by atoms with van der Waals surface area (Å²) in [7, 11) is 0. The maximum absolute atomic E-state index is 13.5. The molecule has 0 aliphatic rings. The van der Waals surface area contributed by atoms with Crippen LogP contribution in [0.25, 0.3) is 10.9 Å². The molecule has 5 nitrogen and oxygen atoms in total. The Hall–Kier alpha value is -3.16. The van der Waals surface area contributed by atoms with Gasteiger partial charge in [0.15, 0.2) is 17.5 Å². The minimum absolute atomic E-state index is 0.0944. The smallest absolute Gasteiger partial charge is 0.258 e. The van der Waals surface area contributed by atoms with Crippen LogP contribution in [0.4, 0.5) is 18.9 Å². The van der Waals surface area contributed by atoms with E-state index in [0.29, 0.717) is 16.7 Å². The van der Waals surface area contributed by atoms with Gasteiger partial charge in [-0.2, -0.15) is 0 Å². The fourth-order valence-corrected chi connectivity index (χ4v) is 2.32. The molecule has 0 radical (unpaired) electrons. The number of carbonyl (C=O) groups is 1. The molecule has 25 heavy (non-hydrogen) atoms. The zero-order valence-electron chi connectivity index (χ0n) is 12.8. The number of halogens is 3. The number of amides is 1. The molecule has 0 unspecified atom stereocenters. The number of aryl methyl sites for hydroxylation is 1. The monoisotopic (exact) mass is 347 g/mol. The highest BCUT2D eigenvalue weighted by atomic mass is 19.2. The lowest BCUT2D eigenvalue weighted by Gasteiger charge is -2.07. The van der Waals surface area contributed by atoms with Crippen LogP contribution in [0.2, 0.25) is 0 Å². The number of fused-ring (bicyclic) bond motifs is 1. The fraction of sp³-hybridized carbons (Fsp3) is 0.118. The predicted molar refractivity (Wildman–Crippen MR) is 85.6 cm³/mol. The molecule has 1 heterocycles. The maximum Gasteiger partial charge on any atom is 0.258 e. The van der Waals surface area contributed by atoms with Gasteiger partial charge in [-0.3, -0.25) is 9.59 Å². The van der Waals surface area contributed by atoms with Gasteiger partial charge in [0.05, 0.1) is 16.6 Å². The highest BCUT2D eigenvalue weighted by Crippen LogP contribution is 2.19. The summed E-state index contributed by atoms with van der Waals surface area (Å²) in [5.74, 6) is -4.79. The van der Waals surface area contributed by atoms with Gasteiger partial charge in [-0.15, -0.1) is 0 Å². The predicted octanol–water partition coefficient (Wildman–Crippen LogP) is 2.91. The summed E-state index contributed by atoms with van der Waals surface area (Å²) in [5.41, 5.74) is -0.287. The number of anilines is 1. The number of H-pyrrole nitrogens is 1. The Balaban J connectivity index is 1.71. The Bertz CT molecular complexity index is 1020. The summed E-state index contributed by atoms with van der Waals surface area (Å²) in [5, 5.41) is 2.59. The molecule has 0 aliphatic heterocycles. The van der Waals surface area contributed by atoms with E-state index >= 15 is 0 Å². The van der Waals surface area contributed by atoms with E-state index in [1.165, 1.54) is 0 Å². The summed E-state index contributed by atoms with van der Waals surface area (Å²) in [6.07, 6.45) is -0.0308. The molecule has 2 N–H and O–H groups in total. The van der Waals surface area contributed by atoms with Gasteiger partial charge in [0.2, 0.25) is 5.91 Å². The number of para-hydroxylation sites is 1. The number of aromatic nitrogens is 2. The van der Waals surface area contributed by atoms with Crippen molar-refractivity contribution in [3.8, 4) is 0 Å². The molecule has 8 heteroatoms. The molecule has 2 aromatic carbocycles. The first-order valence-corrected chi connectivity index (χ1v) is 7.37. The van der Waals surface area contributed by atoms with Crippen molar-refractivity contribution in [3.63, 3.8) is 0 Å². The van der Waals surface area contributed by atoms with Crippen molar-refractivity contribution >= 4 is 22.5 Å². The fourth-order valence-electron chi connectivity index (χ4n) is 2.32. The van der Waals surface area contributed by atoms with Crippen LogP contribution in [0.15, 0.2) is 41.2 Å². The molecule has 0 aliphatic carbocycles. The Morgan fingerprint density at radius 2 is 1.84 bits per heavy atom. The number of carbonyl (C=O) groups excluding carboxylic acids is 1. The molecule has 3 rings (SSSR count). The minimum Gasteiger partial charge on any atom is -0.323 e. The number of hydrogen-bond acceptors (Lipinski definition) is 3. The third-order valence-electron chi connectivity index (χ3n) is 3.56. The van der Waals surface area contributed by atoms with Crippen LogP contribution in [-0.4, -0.2) is 15.9 Å². The summed E-state index contributed by atoms with van der Waals surface area (Å²) >= 11 is 0. The molecule has 0 saturated heterocycles. The van der Waals surface area contributed by atoms with Gasteiger partial charge < -0.3 is 10.3 Å². The van der Waals surface area contributed by atoms with E-state index in [-0.39, 0.29) is 18.4 Å². The van der Waals surface area contributed by atoms with Crippen LogP contribution in [0.1, 0.15) is 12.2 Å². The third-order valence-corrected chi connectivity index (χ3v) is 3.56. The molecule has 0 atom stereocenters. The number of nitrogens with one attached hydrogen (secondary N) is 2. The highest BCUT2D eigenvalue weighted by molar-refractivity contribution is 5.91. The number of nitrogens with zero attached hydrogens (tertiary/aromatic N) is 1. The van der Waals surface area contributed by atoms with E-state index in [9.17, 15) is 22.8 Å². The SMILES string of the molecule is O=C(CCc1nc2ccccc2c(=O)[nH]1)Nc1ccc(F)c(F)c1F. The lowest BCUT2D eigenvalue weighted by Crippen LogP contribution is -2.17. The molecular weight excluding hydrogens is 335 g/mol. The number of benzene rings is 2.